The topological polar surface area (TPSA) is 68.7 Å². The van der Waals surface area contributed by atoms with Gasteiger partial charge in [0.1, 0.15) is 24.7 Å². The van der Waals surface area contributed by atoms with Crippen LogP contribution in [0.15, 0.2) is 36.7 Å². The maximum atomic E-state index is 13.5. The maximum absolute atomic E-state index is 13.5. The third-order valence-electron chi connectivity index (χ3n) is 6.18. The minimum atomic E-state index is -0.473. The van der Waals surface area contributed by atoms with Gasteiger partial charge in [0.25, 0.3) is 0 Å². The quantitative estimate of drug-likeness (QED) is 0.577. The zero-order chi connectivity index (χ0) is 22.1. The van der Waals surface area contributed by atoms with E-state index in [0.29, 0.717) is 40.7 Å². The molecule has 32 heavy (non-hydrogen) atoms. The molecule has 1 N–H and O–H groups in total. The lowest BCUT2D eigenvalue weighted by Crippen LogP contribution is -2.59. The van der Waals surface area contributed by atoms with E-state index in [0.717, 1.165) is 44.5 Å². The number of anilines is 2. The number of hydrogen-bond acceptors (Lipinski definition) is 7. The standard InChI is InChI=1S/C23H24ClFN4O3/c1-30-20-10-19-16(22(27-13-26-19)28-15-2-3-18(25)17(24)8-15)9-21(20)32-14-29-11-23(12-29)4-6-31-7-5-23/h2-3,8-10,13H,4-7,11-12,14H2,1H3,(H,26,27,28). The maximum Gasteiger partial charge on any atom is 0.164 e. The summed E-state index contributed by atoms with van der Waals surface area (Å²) in [7, 11) is 1.61. The summed E-state index contributed by atoms with van der Waals surface area (Å²) in [6.45, 7) is 4.22. The van der Waals surface area contributed by atoms with E-state index in [9.17, 15) is 4.39 Å². The Kier molecular flexibility index (Phi) is 5.75. The zero-order valence-electron chi connectivity index (χ0n) is 17.7. The highest BCUT2D eigenvalue weighted by Crippen LogP contribution is 2.40. The molecule has 168 valence electrons. The molecule has 1 spiro atoms. The normalized spacial score (nSPS) is 17.8. The summed E-state index contributed by atoms with van der Waals surface area (Å²) >= 11 is 5.91. The molecule has 5 rings (SSSR count). The molecule has 2 aliphatic rings. The number of benzene rings is 2. The molecule has 1 aromatic heterocycles. The summed E-state index contributed by atoms with van der Waals surface area (Å²) in [6, 6.07) is 8.12. The summed E-state index contributed by atoms with van der Waals surface area (Å²) in [5, 5.41) is 3.98. The smallest absolute Gasteiger partial charge is 0.164 e. The molecule has 0 aliphatic carbocycles. The Morgan fingerprint density at radius 2 is 1.97 bits per heavy atom. The van der Waals surface area contributed by atoms with E-state index in [4.69, 9.17) is 25.8 Å². The fourth-order valence-corrected chi connectivity index (χ4v) is 4.60. The van der Waals surface area contributed by atoms with E-state index < -0.39 is 5.82 Å². The number of aromatic nitrogens is 2. The minimum absolute atomic E-state index is 0.0379. The average molecular weight is 459 g/mol. The van der Waals surface area contributed by atoms with Gasteiger partial charge in [-0.25, -0.2) is 14.4 Å². The van der Waals surface area contributed by atoms with Crippen LogP contribution in [0.2, 0.25) is 5.02 Å². The average Bonchev–Trinajstić information content (AvgIpc) is 2.79. The van der Waals surface area contributed by atoms with Crippen molar-refractivity contribution in [1.82, 2.24) is 14.9 Å². The van der Waals surface area contributed by atoms with E-state index in [1.165, 1.54) is 18.5 Å². The van der Waals surface area contributed by atoms with Crippen LogP contribution in [0.3, 0.4) is 0 Å². The van der Waals surface area contributed by atoms with E-state index in [1.54, 1.807) is 13.2 Å². The van der Waals surface area contributed by atoms with Crippen LogP contribution in [0.5, 0.6) is 11.5 Å². The van der Waals surface area contributed by atoms with Gasteiger partial charge in [-0.15, -0.1) is 0 Å². The summed E-state index contributed by atoms with van der Waals surface area (Å²) in [4.78, 5) is 11.0. The second-order valence-electron chi connectivity index (χ2n) is 8.37. The van der Waals surface area contributed by atoms with Crippen molar-refractivity contribution in [3.05, 3.63) is 47.5 Å². The number of fused-ring (bicyclic) bond motifs is 1. The van der Waals surface area contributed by atoms with Crippen LogP contribution in [0, 0.1) is 11.2 Å². The largest absolute Gasteiger partial charge is 0.493 e. The van der Waals surface area contributed by atoms with Crippen LogP contribution in [-0.4, -0.2) is 55.0 Å². The molecular formula is C23H24ClFN4O3. The van der Waals surface area contributed by atoms with E-state index in [2.05, 4.69) is 20.2 Å². The van der Waals surface area contributed by atoms with Crippen molar-refractivity contribution < 1.29 is 18.6 Å². The second-order valence-corrected chi connectivity index (χ2v) is 8.78. The minimum Gasteiger partial charge on any atom is -0.493 e. The summed E-state index contributed by atoms with van der Waals surface area (Å²) in [5.74, 6) is 1.31. The first-order chi connectivity index (χ1) is 15.5. The molecule has 0 atom stereocenters. The fraction of sp³-hybridized carbons (Fsp3) is 0.391. The van der Waals surface area contributed by atoms with Gasteiger partial charge in [0.2, 0.25) is 0 Å². The molecule has 3 aromatic rings. The van der Waals surface area contributed by atoms with Crippen molar-refractivity contribution in [2.75, 3.05) is 45.5 Å². The van der Waals surface area contributed by atoms with Crippen molar-refractivity contribution in [2.24, 2.45) is 5.41 Å². The molecule has 2 aliphatic heterocycles. The van der Waals surface area contributed by atoms with Gasteiger partial charge in [-0.1, -0.05) is 11.6 Å². The van der Waals surface area contributed by atoms with Crippen LogP contribution in [0.4, 0.5) is 15.9 Å². The Bertz CT molecular complexity index is 1130. The van der Waals surface area contributed by atoms with E-state index >= 15 is 0 Å². The molecule has 7 nitrogen and oxygen atoms in total. The molecule has 0 amide bonds. The lowest BCUT2D eigenvalue weighted by molar-refractivity contribution is -0.102. The highest BCUT2D eigenvalue weighted by atomic mass is 35.5. The third-order valence-corrected chi connectivity index (χ3v) is 6.47. The predicted octanol–water partition coefficient (Wildman–Crippen LogP) is 4.62. The van der Waals surface area contributed by atoms with Gasteiger partial charge < -0.3 is 19.5 Å². The number of likely N-dealkylation sites (tertiary alicyclic amines) is 1. The zero-order valence-corrected chi connectivity index (χ0v) is 18.5. The first-order valence-electron chi connectivity index (χ1n) is 10.5. The second kappa shape index (κ2) is 8.69. The van der Waals surface area contributed by atoms with Gasteiger partial charge in [-0.3, -0.25) is 4.90 Å². The molecule has 0 unspecified atom stereocenters. The van der Waals surface area contributed by atoms with Crippen molar-refractivity contribution in [2.45, 2.75) is 12.8 Å². The molecule has 2 saturated heterocycles. The van der Waals surface area contributed by atoms with Crippen LogP contribution in [-0.2, 0) is 4.74 Å². The van der Waals surface area contributed by atoms with Crippen molar-refractivity contribution in [1.29, 1.82) is 0 Å². The number of nitrogens with zero attached hydrogens (tertiary/aromatic N) is 3. The van der Waals surface area contributed by atoms with Gasteiger partial charge in [0.15, 0.2) is 11.5 Å². The number of hydrogen-bond donors (Lipinski definition) is 1. The predicted molar refractivity (Wildman–Crippen MR) is 120 cm³/mol. The monoisotopic (exact) mass is 458 g/mol. The Morgan fingerprint density at radius 3 is 2.72 bits per heavy atom. The van der Waals surface area contributed by atoms with Crippen molar-refractivity contribution in [3.63, 3.8) is 0 Å². The van der Waals surface area contributed by atoms with E-state index in [1.807, 2.05) is 12.1 Å². The lowest BCUT2D eigenvalue weighted by Gasteiger charge is -2.51. The number of methoxy groups -OCH3 is 1. The lowest BCUT2D eigenvalue weighted by atomic mass is 9.74. The molecule has 3 heterocycles. The number of nitrogens with one attached hydrogen (secondary N) is 1. The highest BCUT2D eigenvalue weighted by Gasteiger charge is 2.43. The van der Waals surface area contributed by atoms with Crippen LogP contribution < -0.4 is 14.8 Å². The Morgan fingerprint density at radius 1 is 1.16 bits per heavy atom. The molecule has 2 fully saturated rings. The van der Waals surface area contributed by atoms with Gasteiger partial charge in [-0.2, -0.15) is 0 Å². The van der Waals surface area contributed by atoms with Gasteiger partial charge >= 0.3 is 0 Å². The van der Waals surface area contributed by atoms with Crippen LogP contribution >= 0.6 is 11.6 Å². The van der Waals surface area contributed by atoms with Crippen molar-refractivity contribution in [3.8, 4) is 11.5 Å². The van der Waals surface area contributed by atoms with E-state index in [-0.39, 0.29) is 5.02 Å². The first-order valence-corrected chi connectivity index (χ1v) is 10.9. The molecule has 0 saturated carbocycles. The molecule has 9 heteroatoms. The SMILES string of the molecule is COc1cc2ncnc(Nc3ccc(F)c(Cl)c3)c2cc1OCN1CC2(CCOCC2)C1. The summed E-state index contributed by atoms with van der Waals surface area (Å²) < 4.78 is 30.7. The molecule has 0 bridgehead atoms. The van der Waals surface area contributed by atoms with Crippen molar-refractivity contribution >= 4 is 34.0 Å². The summed E-state index contributed by atoms with van der Waals surface area (Å²) in [6.07, 6.45) is 3.69. The Balaban J connectivity index is 1.35. The summed E-state index contributed by atoms with van der Waals surface area (Å²) in [5.41, 5.74) is 1.71. The number of halogens is 2. The number of ether oxygens (including phenoxy) is 3. The van der Waals surface area contributed by atoms with Gasteiger partial charge in [0.05, 0.1) is 17.6 Å². The molecular weight excluding hydrogens is 435 g/mol. The fourth-order valence-electron chi connectivity index (χ4n) is 4.42. The van der Waals surface area contributed by atoms with Crippen LogP contribution in [0.1, 0.15) is 12.8 Å². The Labute approximate surface area is 190 Å². The molecule has 0 radical (unpaired) electrons. The molecule has 2 aromatic carbocycles. The Hall–Kier alpha value is -2.68. The van der Waals surface area contributed by atoms with Crippen LogP contribution in [0.25, 0.3) is 10.9 Å². The van der Waals surface area contributed by atoms with Gasteiger partial charge in [0, 0.05) is 48.9 Å². The van der Waals surface area contributed by atoms with Gasteiger partial charge in [-0.05, 0) is 37.1 Å². The third kappa shape index (κ3) is 4.18. The number of rotatable bonds is 6. The highest BCUT2D eigenvalue weighted by molar-refractivity contribution is 6.31. The first kappa shape index (κ1) is 21.2.